The van der Waals surface area contributed by atoms with Crippen molar-refractivity contribution in [3.8, 4) is 0 Å². The summed E-state index contributed by atoms with van der Waals surface area (Å²) in [5.74, 6) is 0.188. The highest BCUT2D eigenvalue weighted by atomic mass is 79.9. The molecule has 0 radical (unpaired) electrons. The van der Waals surface area contributed by atoms with Crippen molar-refractivity contribution in [2.24, 2.45) is 0 Å². The molecule has 0 heterocycles. The summed E-state index contributed by atoms with van der Waals surface area (Å²) in [6.45, 7) is 3.09. The topological polar surface area (TPSA) is 66.8 Å². The summed E-state index contributed by atoms with van der Waals surface area (Å²) < 4.78 is 14.9. The minimum atomic E-state index is -4.36. The molecule has 0 unspecified atom stereocenters. The van der Waals surface area contributed by atoms with Crippen molar-refractivity contribution in [3.63, 3.8) is 0 Å². The van der Waals surface area contributed by atoms with E-state index in [4.69, 9.17) is 9.79 Å². The van der Waals surface area contributed by atoms with Gasteiger partial charge in [0.05, 0.1) is 0 Å². The molecular formula is C4H8BrO4P. The maximum absolute atomic E-state index is 10.2. The number of hydrogen-bond acceptors (Lipinski definition) is 2. The lowest BCUT2D eigenvalue weighted by molar-refractivity contribution is 0.242. The number of phosphoric acid groups is 1. The Morgan fingerprint density at radius 3 is 2.00 bits per heavy atom. The minimum Gasteiger partial charge on any atom is -0.408 e. The van der Waals surface area contributed by atoms with Crippen LogP contribution >= 0.6 is 23.8 Å². The van der Waals surface area contributed by atoms with Crippen molar-refractivity contribution < 1.29 is 18.9 Å². The van der Waals surface area contributed by atoms with Gasteiger partial charge in [-0.1, -0.05) is 15.9 Å². The maximum Gasteiger partial charge on any atom is 0.524 e. The quantitative estimate of drug-likeness (QED) is 0.561. The molecule has 0 aromatic heterocycles. The van der Waals surface area contributed by atoms with Gasteiger partial charge < -0.3 is 4.52 Å². The number of halogens is 1. The molecule has 2 N–H and O–H groups in total. The molecule has 0 fully saturated rings. The van der Waals surface area contributed by atoms with Gasteiger partial charge in [-0.3, -0.25) is 9.79 Å². The molecule has 0 spiro atoms. The minimum absolute atomic E-state index is 0.188. The van der Waals surface area contributed by atoms with Crippen molar-refractivity contribution in [2.75, 3.05) is 0 Å². The van der Waals surface area contributed by atoms with Crippen LogP contribution in [0, 0.1) is 0 Å². The Hall–Kier alpha value is 0.170. The zero-order chi connectivity index (χ0) is 8.36. The lowest BCUT2D eigenvalue weighted by atomic mass is 10.5. The Morgan fingerprint density at radius 1 is 1.50 bits per heavy atom. The summed E-state index contributed by atoms with van der Waals surface area (Å²) in [5.41, 5.74) is 0. The predicted octanol–water partition coefficient (Wildman–Crippen LogP) is 1.74. The average molecular weight is 231 g/mol. The van der Waals surface area contributed by atoms with Gasteiger partial charge in [0.2, 0.25) is 0 Å². The van der Waals surface area contributed by atoms with E-state index in [-0.39, 0.29) is 5.76 Å². The third-order valence-corrected chi connectivity index (χ3v) is 1.81. The molecule has 0 aliphatic heterocycles. The molecule has 0 aliphatic rings. The first-order valence-corrected chi connectivity index (χ1v) is 4.73. The predicted molar refractivity (Wildman–Crippen MR) is 40.4 cm³/mol. The second-order valence-electron chi connectivity index (χ2n) is 1.67. The third-order valence-electron chi connectivity index (χ3n) is 0.741. The van der Waals surface area contributed by atoms with Gasteiger partial charge in [-0.2, -0.15) is 0 Å². The van der Waals surface area contributed by atoms with Crippen LogP contribution in [-0.4, -0.2) is 9.79 Å². The first-order chi connectivity index (χ1) is 4.33. The Balaban J connectivity index is 4.20. The number of allylic oxidation sites excluding steroid dienone is 2. The smallest absolute Gasteiger partial charge is 0.408 e. The second-order valence-corrected chi connectivity index (χ2v) is 4.02. The number of hydrogen-bond donors (Lipinski definition) is 2. The fourth-order valence-electron chi connectivity index (χ4n) is 0.241. The molecular weight excluding hydrogens is 223 g/mol. The summed E-state index contributed by atoms with van der Waals surface area (Å²) in [4.78, 5) is 16.5. The molecule has 0 atom stereocenters. The van der Waals surface area contributed by atoms with Crippen molar-refractivity contribution in [1.29, 1.82) is 0 Å². The molecule has 10 heavy (non-hydrogen) atoms. The largest absolute Gasteiger partial charge is 0.524 e. The van der Waals surface area contributed by atoms with Gasteiger partial charge in [0.15, 0.2) is 0 Å². The van der Waals surface area contributed by atoms with Crippen LogP contribution in [0.2, 0.25) is 0 Å². The molecule has 4 nitrogen and oxygen atoms in total. The van der Waals surface area contributed by atoms with Crippen LogP contribution in [-0.2, 0) is 9.09 Å². The number of phosphoric ester groups is 1. The van der Waals surface area contributed by atoms with E-state index < -0.39 is 7.82 Å². The van der Waals surface area contributed by atoms with Gasteiger partial charge in [-0.25, -0.2) is 4.57 Å². The Bertz CT molecular complexity index is 189. The van der Waals surface area contributed by atoms with Gasteiger partial charge in [0.1, 0.15) is 5.76 Å². The van der Waals surface area contributed by atoms with Gasteiger partial charge in [-0.15, -0.1) is 0 Å². The summed E-state index contributed by atoms with van der Waals surface area (Å²) >= 11 is 3.00. The lowest BCUT2D eigenvalue weighted by Crippen LogP contribution is -1.86. The summed E-state index contributed by atoms with van der Waals surface area (Å²) in [6, 6.07) is 0. The summed E-state index contributed by atoms with van der Waals surface area (Å²) in [6.07, 6.45) is 0. The van der Waals surface area contributed by atoms with Crippen molar-refractivity contribution >= 4 is 23.8 Å². The second kappa shape index (κ2) is 3.53. The van der Waals surface area contributed by atoms with Crippen LogP contribution in [0.3, 0.4) is 0 Å². The fourth-order valence-corrected chi connectivity index (χ4v) is 0.941. The molecule has 0 saturated heterocycles. The van der Waals surface area contributed by atoms with Crippen LogP contribution < -0.4 is 0 Å². The highest BCUT2D eigenvalue weighted by molar-refractivity contribution is 9.11. The van der Waals surface area contributed by atoms with Gasteiger partial charge in [0, 0.05) is 4.48 Å². The van der Waals surface area contributed by atoms with Crippen LogP contribution in [0.25, 0.3) is 0 Å². The Morgan fingerprint density at radius 2 is 1.90 bits per heavy atom. The molecule has 0 aliphatic carbocycles. The first-order valence-electron chi connectivity index (χ1n) is 2.41. The van der Waals surface area contributed by atoms with Crippen molar-refractivity contribution in [3.05, 3.63) is 10.2 Å². The van der Waals surface area contributed by atoms with E-state index in [1.165, 1.54) is 6.92 Å². The standard InChI is InChI=1S/C4H8BrO4P/c1-3(5)4(2)9-10(6,7)8/h1-2H3,(H2,6,7,8). The molecule has 0 amide bonds. The summed E-state index contributed by atoms with van der Waals surface area (Å²) in [5, 5.41) is 0. The van der Waals surface area contributed by atoms with Crippen LogP contribution in [0.15, 0.2) is 10.2 Å². The van der Waals surface area contributed by atoms with Gasteiger partial charge >= 0.3 is 7.82 Å². The first kappa shape index (κ1) is 10.2. The van der Waals surface area contributed by atoms with E-state index in [1.807, 2.05) is 0 Å². The lowest BCUT2D eigenvalue weighted by Gasteiger charge is -2.06. The Labute approximate surface area is 67.3 Å². The van der Waals surface area contributed by atoms with E-state index >= 15 is 0 Å². The molecule has 0 aromatic carbocycles. The normalized spacial score (nSPS) is 14.5. The zero-order valence-electron chi connectivity index (χ0n) is 5.54. The van der Waals surface area contributed by atoms with Crippen LogP contribution in [0.5, 0.6) is 0 Å². The number of rotatable bonds is 2. The van der Waals surface area contributed by atoms with E-state index in [2.05, 4.69) is 20.5 Å². The van der Waals surface area contributed by atoms with E-state index in [1.54, 1.807) is 6.92 Å². The van der Waals surface area contributed by atoms with E-state index in [0.29, 0.717) is 4.48 Å². The van der Waals surface area contributed by atoms with Gasteiger partial charge in [-0.05, 0) is 13.8 Å². The maximum atomic E-state index is 10.2. The molecule has 0 bridgehead atoms. The fraction of sp³-hybridized carbons (Fsp3) is 0.500. The third kappa shape index (κ3) is 4.99. The van der Waals surface area contributed by atoms with Crippen molar-refractivity contribution in [2.45, 2.75) is 13.8 Å². The SMILES string of the molecule is CC(Br)=C(C)OP(=O)(O)O. The van der Waals surface area contributed by atoms with Crippen LogP contribution in [0.4, 0.5) is 0 Å². The molecule has 0 rings (SSSR count). The van der Waals surface area contributed by atoms with E-state index in [0.717, 1.165) is 0 Å². The molecule has 6 heteroatoms. The summed E-state index contributed by atoms with van der Waals surface area (Å²) in [7, 11) is -4.36. The van der Waals surface area contributed by atoms with E-state index in [9.17, 15) is 4.57 Å². The highest BCUT2D eigenvalue weighted by Gasteiger charge is 2.15. The zero-order valence-corrected chi connectivity index (χ0v) is 8.02. The average Bonchev–Trinajstić information content (AvgIpc) is 1.60. The molecule has 0 aromatic rings. The molecule has 60 valence electrons. The highest BCUT2D eigenvalue weighted by Crippen LogP contribution is 2.39. The van der Waals surface area contributed by atoms with Crippen molar-refractivity contribution in [1.82, 2.24) is 0 Å². The Kier molecular flexibility index (Phi) is 3.59. The molecule has 0 saturated carbocycles. The monoisotopic (exact) mass is 230 g/mol. The van der Waals surface area contributed by atoms with Crippen LogP contribution in [0.1, 0.15) is 13.8 Å². The van der Waals surface area contributed by atoms with Gasteiger partial charge in [0.25, 0.3) is 0 Å².